The summed E-state index contributed by atoms with van der Waals surface area (Å²) in [6, 6.07) is 4.30. The molecule has 1 amide bonds. The molecule has 1 fully saturated rings. The highest BCUT2D eigenvalue weighted by molar-refractivity contribution is 6.30. The van der Waals surface area contributed by atoms with E-state index in [1.54, 1.807) is 7.05 Å². The fourth-order valence-electron chi connectivity index (χ4n) is 1.72. The third kappa shape index (κ3) is 2.58. The van der Waals surface area contributed by atoms with Gasteiger partial charge in [0.2, 0.25) is 5.91 Å². The number of carbonyl (C=O) groups is 1. The van der Waals surface area contributed by atoms with Crippen molar-refractivity contribution in [2.45, 2.75) is 24.9 Å². The van der Waals surface area contributed by atoms with Crippen LogP contribution in [0.4, 0.5) is 4.39 Å². The summed E-state index contributed by atoms with van der Waals surface area (Å²) in [4.78, 5) is 13.3. The van der Waals surface area contributed by atoms with Crippen LogP contribution in [-0.2, 0) is 11.3 Å². The number of benzene rings is 1. The van der Waals surface area contributed by atoms with Crippen LogP contribution >= 0.6 is 11.6 Å². The zero-order valence-electron chi connectivity index (χ0n) is 9.54. The van der Waals surface area contributed by atoms with Crippen molar-refractivity contribution in [1.29, 1.82) is 0 Å². The topological polar surface area (TPSA) is 46.3 Å². The maximum absolute atomic E-state index is 13.5. The molecule has 92 valence electrons. The summed E-state index contributed by atoms with van der Waals surface area (Å²) in [5.74, 6) is -0.507. The van der Waals surface area contributed by atoms with Gasteiger partial charge in [-0.15, -0.1) is 0 Å². The highest BCUT2D eigenvalue weighted by atomic mass is 35.5. The highest BCUT2D eigenvalue weighted by Crippen LogP contribution is 2.34. The second-order valence-corrected chi connectivity index (χ2v) is 4.99. The first-order valence-electron chi connectivity index (χ1n) is 5.41. The van der Waals surface area contributed by atoms with E-state index in [4.69, 9.17) is 17.3 Å². The van der Waals surface area contributed by atoms with Crippen molar-refractivity contribution in [3.8, 4) is 0 Å². The molecule has 2 rings (SSSR count). The molecule has 0 radical (unpaired) electrons. The second kappa shape index (κ2) is 4.27. The maximum atomic E-state index is 13.5. The van der Waals surface area contributed by atoms with Gasteiger partial charge < -0.3 is 10.6 Å². The van der Waals surface area contributed by atoms with Crippen LogP contribution in [0, 0.1) is 5.82 Å². The number of nitrogens with two attached hydrogens (primary N) is 1. The Labute approximate surface area is 104 Å². The van der Waals surface area contributed by atoms with Gasteiger partial charge >= 0.3 is 0 Å². The van der Waals surface area contributed by atoms with Crippen LogP contribution in [-0.4, -0.2) is 23.4 Å². The zero-order chi connectivity index (χ0) is 12.6. The summed E-state index contributed by atoms with van der Waals surface area (Å²) >= 11 is 5.79. The molecule has 1 aromatic carbocycles. The molecule has 5 heteroatoms. The first-order valence-corrected chi connectivity index (χ1v) is 5.78. The lowest BCUT2D eigenvalue weighted by atomic mass is 10.2. The van der Waals surface area contributed by atoms with Crippen LogP contribution in [0.3, 0.4) is 0 Å². The number of nitrogens with zero attached hydrogens (tertiary/aromatic N) is 1. The van der Waals surface area contributed by atoms with E-state index in [1.807, 2.05) is 0 Å². The van der Waals surface area contributed by atoms with Crippen LogP contribution in [0.2, 0.25) is 5.02 Å². The van der Waals surface area contributed by atoms with Crippen molar-refractivity contribution in [3.05, 3.63) is 34.6 Å². The van der Waals surface area contributed by atoms with E-state index in [0.29, 0.717) is 23.4 Å². The number of amides is 1. The molecule has 0 spiro atoms. The first kappa shape index (κ1) is 12.3. The molecule has 0 aromatic heterocycles. The van der Waals surface area contributed by atoms with Gasteiger partial charge in [-0.05, 0) is 31.0 Å². The molecule has 0 heterocycles. The SMILES string of the molecule is CN(Cc1cc(Cl)ccc1F)C(=O)C1(N)CC1. The molecule has 0 unspecified atom stereocenters. The van der Waals surface area contributed by atoms with Crippen molar-refractivity contribution < 1.29 is 9.18 Å². The Hall–Kier alpha value is -1.13. The first-order chi connectivity index (χ1) is 7.92. The Morgan fingerprint density at radius 3 is 2.82 bits per heavy atom. The van der Waals surface area contributed by atoms with Gasteiger partial charge in [-0.25, -0.2) is 4.39 Å². The number of halogens is 2. The van der Waals surface area contributed by atoms with Gasteiger partial charge in [0.1, 0.15) is 5.82 Å². The molecule has 1 aliphatic carbocycles. The van der Waals surface area contributed by atoms with E-state index in [0.717, 1.165) is 0 Å². The van der Waals surface area contributed by atoms with E-state index in [2.05, 4.69) is 0 Å². The monoisotopic (exact) mass is 256 g/mol. The lowest BCUT2D eigenvalue weighted by Crippen LogP contribution is -2.43. The summed E-state index contributed by atoms with van der Waals surface area (Å²) in [5.41, 5.74) is 5.48. The molecule has 1 aromatic rings. The molecular weight excluding hydrogens is 243 g/mol. The number of carbonyl (C=O) groups excluding carboxylic acids is 1. The van der Waals surface area contributed by atoms with Crippen molar-refractivity contribution in [2.24, 2.45) is 5.73 Å². The van der Waals surface area contributed by atoms with Crippen molar-refractivity contribution in [3.63, 3.8) is 0 Å². The van der Waals surface area contributed by atoms with Crippen molar-refractivity contribution in [2.75, 3.05) is 7.05 Å². The minimum Gasteiger partial charge on any atom is -0.340 e. The standard InChI is InChI=1S/C12H14ClFN2O/c1-16(11(17)12(15)4-5-12)7-8-6-9(13)2-3-10(8)14/h2-3,6H,4-5,7,15H2,1H3. The van der Waals surface area contributed by atoms with Crippen LogP contribution in [0.1, 0.15) is 18.4 Å². The minimum atomic E-state index is -0.718. The molecule has 17 heavy (non-hydrogen) atoms. The van der Waals surface area contributed by atoms with E-state index >= 15 is 0 Å². The van der Waals surface area contributed by atoms with Crippen LogP contribution < -0.4 is 5.73 Å². The summed E-state index contributed by atoms with van der Waals surface area (Å²) in [5, 5.41) is 0.455. The largest absolute Gasteiger partial charge is 0.340 e. The van der Waals surface area contributed by atoms with E-state index in [9.17, 15) is 9.18 Å². The zero-order valence-corrected chi connectivity index (χ0v) is 10.3. The quantitative estimate of drug-likeness (QED) is 0.898. The molecular formula is C12H14ClFN2O. The van der Waals surface area contributed by atoms with Crippen molar-refractivity contribution in [1.82, 2.24) is 4.90 Å². The Bertz CT molecular complexity index is 460. The molecule has 3 nitrogen and oxygen atoms in total. The summed E-state index contributed by atoms with van der Waals surface area (Å²) in [7, 11) is 1.62. The number of hydrogen-bond donors (Lipinski definition) is 1. The molecule has 0 atom stereocenters. The average molecular weight is 257 g/mol. The highest BCUT2D eigenvalue weighted by Gasteiger charge is 2.47. The number of hydrogen-bond acceptors (Lipinski definition) is 2. The van der Waals surface area contributed by atoms with Crippen LogP contribution in [0.15, 0.2) is 18.2 Å². The summed E-state index contributed by atoms with van der Waals surface area (Å²) in [6.45, 7) is 0.185. The van der Waals surface area contributed by atoms with Gasteiger partial charge in [0.15, 0.2) is 0 Å². The van der Waals surface area contributed by atoms with Gasteiger partial charge in [-0.3, -0.25) is 4.79 Å². The number of rotatable bonds is 3. The molecule has 0 bridgehead atoms. The van der Waals surface area contributed by atoms with Gasteiger partial charge in [-0.1, -0.05) is 11.6 Å². The second-order valence-electron chi connectivity index (χ2n) is 4.55. The molecule has 2 N–H and O–H groups in total. The summed E-state index contributed by atoms with van der Waals surface area (Å²) < 4.78 is 13.5. The van der Waals surface area contributed by atoms with Gasteiger partial charge in [0.05, 0.1) is 5.54 Å². The fourth-order valence-corrected chi connectivity index (χ4v) is 1.92. The summed E-state index contributed by atoms with van der Waals surface area (Å²) in [6.07, 6.45) is 1.41. The Balaban J connectivity index is 2.10. The predicted octanol–water partition coefficient (Wildman–Crippen LogP) is 1.93. The lowest BCUT2D eigenvalue weighted by molar-refractivity contribution is -0.132. The van der Waals surface area contributed by atoms with E-state index in [1.165, 1.54) is 23.1 Å². The Kier molecular flexibility index (Phi) is 3.10. The Morgan fingerprint density at radius 1 is 1.59 bits per heavy atom. The number of likely N-dealkylation sites (N-methyl/N-ethyl adjacent to an activating group) is 1. The van der Waals surface area contributed by atoms with Crippen molar-refractivity contribution >= 4 is 17.5 Å². The molecule has 1 saturated carbocycles. The third-order valence-corrected chi connectivity index (χ3v) is 3.21. The predicted molar refractivity (Wildman–Crippen MR) is 64.0 cm³/mol. The van der Waals surface area contributed by atoms with Crippen LogP contribution in [0.25, 0.3) is 0 Å². The normalized spacial score (nSPS) is 16.7. The smallest absolute Gasteiger partial charge is 0.242 e. The fraction of sp³-hybridized carbons (Fsp3) is 0.417. The lowest BCUT2D eigenvalue weighted by Gasteiger charge is -2.21. The van der Waals surface area contributed by atoms with E-state index < -0.39 is 5.54 Å². The molecule has 0 aliphatic heterocycles. The molecule has 1 aliphatic rings. The van der Waals surface area contributed by atoms with Gasteiger partial charge in [0.25, 0.3) is 0 Å². The maximum Gasteiger partial charge on any atom is 0.242 e. The third-order valence-electron chi connectivity index (χ3n) is 2.98. The van der Waals surface area contributed by atoms with Gasteiger partial charge in [0, 0.05) is 24.2 Å². The minimum absolute atomic E-state index is 0.142. The van der Waals surface area contributed by atoms with Gasteiger partial charge in [-0.2, -0.15) is 0 Å². The van der Waals surface area contributed by atoms with Crippen LogP contribution in [0.5, 0.6) is 0 Å². The Morgan fingerprint density at radius 2 is 2.24 bits per heavy atom. The molecule has 0 saturated heterocycles. The average Bonchev–Trinajstić information content (AvgIpc) is 3.02. The van der Waals surface area contributed by atoms with E-state index in [-0.39, 0.29) is 18.3 Å².